The minimum absolute atomic E-state index is 0. The number of carbonyl (C=O) groups excluding carboxylic acids is 1. The van der Waals surface area contributed by atoms with Gasteiger partial charge in [0.15, 0.2) is 0 Å². The van der Waals surface area contributed by atoms with Gasteiger partial charge in [-0.3, -0.25) is 4.79 Å². The van der Waals surface area contributed by atoms with Gasteiger partial charge in [-0.25, -0.2) is 0 Å². The van der Waals surface area contributed by atoms with E-state index in [0.29, 0.717) is 6.04 Å². The van der Waals surface area contributed by atoms with E-state index < -0.39 is 0 Å². The molecule has 1 saturated carbocycles. The van der Waals surface area contributed by atoms with Crippen LogP contribution in [0.4, 0.5) is 0 Å². The molecule has 0 aromatic heterocycles. The Labute approximate surface area is 112 Å². The van der Waals surface area contributed by atoms with Crippen molar-refractivity contribution in [3.63, 3.8) is 0 Å². The van der Waals surface area contributed by atoms with Gasteiger partial charge in [0.25, 0.3) is 0 Å². The first-order chi connectivity index (χ1) is 7.47. The van der Waals surface area contributed by atoms with Gasteiger partial charge in [0, 0.05) is 18.5 Å². The fraction of sp³-hybridized carbons (Fsp3) is 0.923. The lowest BCUT2D eigenvalue weighted by Gasteiger charge is -2.39. The Hall–Kier alpha value is -0.280. The molecule has 1 rings (SSSR count). The summed E-state index contributed by atoms with van der Waals surface area (Å²) in [6, 6.07) is 0.355. The van der Waals surface area contributed by atoms with E-state index in [9.17, 15) is 4.79 Å². The Morgan fingerprint density at radius 2 is 2.06 bits per heavy atom. The fourth-order valence-electron chi connectivity index (χ4n) is 2.47. The molecule has 1 aliphatic rings. The Balaban J connectivity index is 0.00000256. The van der Waals surface area contributed by atoms with Gasteiger partial charge < -0.3 is 10.6 Å². The highest BCUT2D eigenvalue weighted by molar-refractivity contribution is 5.85. The summed E-state index contributed by atoms with van der Waals surface area (Å²) in [7, 11) is 1.88. The van der Waals surface area contributed by atoms with E-state index in [0.717, 1.165) is 13.0 Å². The third-order valence-corrected chi connectivity index (χ3v) is 3.78. The molecule has 1 fully saturated rings. The summed E-state index contributed by atoms with van der Waals surface area (Å²) in [6.07, 6.45) is 4.89. The van der Waals surface area contributed by atoms with Crippen LogP contribution in [0.3, 0.4) is 0 Å². The van der Waals surface area contributed by atoms with Crippen molar-refractivity contribution < 1.29 is 4.79 Å². The van der Waals surface area contributed by atoms with Gasteiger partial charge in [0.1, 0.15) is 0 Å². The topological polar surface area (TPSA) is 41.1 Å². The van der Waals surface area contributed by atoms with E-state index in [-0.39, 0.29) is 29.6 Å². The van der Waals surface area contributed by atoms with Crippen LogP contribution in [0.5, 0.6) is 0 Å². The van der Waals surface area contributed by atoms with Gasteiger partial charge in [0.2, 0.25) is 5.91 Å². The normalized spacial score (nSPS) is 24.6. The molecule has 0 bridgehead atoms. The van der Waals surface area contributed by atoms with Gasteiger partial charge in [-0.15, -0.1) is 12.4 Å². The number of hydrogen-bond acceptors (Lipinski definition) is 2. The van der Waals surface area contributed by atoms with Crippen molar-refractivity contribution >= 4 is 18.3 Å². The van der Waals surface area contributed by atoms with Crippen LogP contribution in [0.2, 0.25) is 0 Å². The van der Waals surface area contributed by atoms with Crippen molar-refractivity contribution in [1.29, 1.82) is 0 Å². The lowest BCUT2D eigenvalue weighted by Crippen LogP contribution is -2.49. The second-order valence-corrected chi connectivity index (χ2v) is 5.75. The Morgan fingerprint density at radius 3 is 2.59 bits per heavy atom. The smallest absolute Gasteiger partial charge is 0.224 e. The van der Waals surface area contributed by atoms with E-state index in [1.807, 2.05) is 14.0 Å². The van der Waals surface area contributed by atoms with E-state index in [2.05, 4.69) is 24.5 Å². The summed E-state index contributed by atoms with van der Waals surface area (Å²) in [5, 5.41) is 6.26. The number of hydrogen-bond donors (Lipinski definition) is 2. The third-order valence-electron chi connectivity index (χ3n) is 3.78. The second kappa shape index (κ2) is 7.22. The van der Waals surface area contributed by atoms with Crippen LogP contribution in [0.25, 0.3) is 0 Å². The molecule has 4 heteroatoms. The number of amides is 1. The van der Waals surface area contributed by atoms with Crippen molar-refractivity contribution in [2.24, 2.45) is 11.3 Å². The minimum Gasteiger partial charge on any atom is -0.353 e. The summed E-state index contributed by atoms with van der Waals surface area (Å²) in [6.45, 7) is 7.25. The van der Waals surface area contributed by atoms with Crippen molar-refractivity contribution in [1.82, 2.24) is 10.6 Å². The van der Waals surface area contributed by atoms with Crippen LogP contribution in [0.1, 0.15) is 46.5 Å². The number of carbonyl (C=O) groups is 1. The molecule has 1 amide bonds. The molecule has 1 aliphatic carbocycles. The highest BCUT2D eigenvalue weighted by atomic mass is 35.5. The molecular weight excluding hydrogens is 236 g/mol. The van der Waals surface area contributed by atoms with Crippen LogP contribution in [0, 0.1) is 11.3 Å². The maximum atomic E-state index is 11.9. The molecule has 0 radical (unpaired) electrons. The van der Waals surface area contributed by atoms with Crippen LogP contribution >= 0.6 is 12.4 Å². The van der Waals surface area contributed by atoms with Gasteiger partial charge in [-0.1, -0.05) is 33.6 Å². The van der Waals surface area contributed by atoms with Crippen LogP contribution in [-0.2, 0) is 4.79 Å². The van der Waals surface area contributed by atoms with Gasteiger partial charge in [-0.2, -0.15) is 0 Å². The monoisotopic (exact) mass is 262 g/mol. The fourth-order valence-corrected chi connectivity index (χ4v) is 2.47. The van der Waals surface area contributed by atoms with Crippen LogP contribution in [-0.4, -0.2) is 25.5 Å². The predicted octanol–water partition coefficient (Wildman–Crippen LogP) is 2.35. The molecule has 2 N–H and O–H groups in total. The summed E-state index contributed by atoms with van der Waals surface area (Å²) >= 11 is 0. The SMILES string of the molecule is CNCC(C)C(=O)NC1CCCCC1(C)C.Cl. The van der Waals surface area contributed by atoms with Crippen LogP contribution in [0.15, 0.2) is 0 Å². The Bertz CT molecular complexity index is 244. The summed E-state index contributed by atoms with van der Waals surface area (Å²) in [5.74, 6) is 0.247. The van der Waals surface area contributed by atoms with E-state index in [4.69, 9.17) is 0 Å². The number of rotatable bonds is 4. The summed E-state index contributed by atoms with van der Waals surface area (Å²) < 4.78 is 0. The first-order valence-corrected chi connectivity index (χ1v) is 6.42. The Morgan fingerprint density at radius 1 is 1.41 bits per heavy atom. The lowest BCUT2D eigenvalue weighted by molar-refractivity contribution is -0.126. The zero-order valence-corrected chi connectivity index (χ0v) is 12.3. The molecule has 0 aromatic carbocycles. The molecule has 17 heavy (non-hydrogen) atoms. The number of halogens is 1. The zero-order valence-electron chi connectivity index (χ0n) is 11.5. The van der Waals surface area contributed by atoms with Crippen LogP contribution < -0.4 is 10.6 Å². The maximum absolute atomic E-state index is 11.9. The number of nitrogens with one attached hydrogen (secondary N) is 2. The summed E-state index contributed by atoms with van der Waals surface area (Å²) in [5.41, 5.74) is 0.257. The molecular formula is C13H27ClN2O. The first-order valence-electron chi connectivity index (χ1n) is 6.42. The van der Waals surface area contributed by atoms with E-state index in [1.54, 1.807) is 0 Å². The van der Waals surface area contributed by atoms with Crippen molar-refractivity contribution in [3.8, 4) is 0 Å². The highest BCUT2D eigenvalue weighted by Crippen LogP contribution is 2.35. The minimum atomic E-state index is 0. The lowest BCUT2D eigenvalue weighted by atomic mass is 9.73. The molecule has 102 valence electrons. The molecule has 0 aromatic rings. The zero-order chi connectivity index (χ0) is 12.2. The average molecular weight is 263 g/mol. The molecule has 0 saturated heterocycles. The van der Waals surface area contributed by atoms with Crippen molar-refractivity contribution in [2.75, 3.05) is 13.6 Å². The van der Waals surface area contributed by atoms with Gasteiger partial charge in [-0.05, 0) is 25.3 Å². The third kappa shape index (κ3) is 4.84. The second-order valence-electron chi connectivity index (χ2n) is 5.75. The largest absolute Gasteiger partial charge is 0.353 e. The predicted molar refractivity (Wildman–Crippen MR) is 74.5 cm³/mol. The highest BCUT2D eigenvalue weighted by Gasteiger charge is 2.33. The van der Waals surface area contributed by atoms with E-state index in [1.165, 1.54) is 19.3 Å². The van der Waals surface area contributed by atoms with E-state index >= 15 is 0 Å². The Kier molecular flexibility index (Phi) is 7.10. The molecule has 0 heterocycles. The molecule has 2 unspecified atom stereocenters. The maximum Gasteiger partial charge on any atom is 0.224 e. The first kappa shape index (κ1) is 16.7. The van der Waals surface area contributed by atoms with Gasteiger partial charge in [0.05, 0.1) is 0 Å². The molecule has 3 nitrogen and oxygen atoms in total. The standard InChI is InChI=1S/C13H26N2O.ClH/c1-10(9-14-4)12(16)15-11-7-5-6-8-13(11,2)3;/h10-11,14H,5-9H2,1-4H3,(H,15,16);1H. The summed E-state index contributed by atoms with van der Waals surface area (Å²) in [4.78, 5) is 11.9. The molecule has 0 spiro atoms. The van der Waals surface area contributed by atoms with Gasteiger partial charge >= 0.3 is 0 Å². The van der Waals surface area contributed by atoms with Crippen molar-refractivity contribution in [2.45, 2.75) is 52.5 Å². The molecule has 0 aliphatic heterocycles. The van der Waals surface area contributed by atoms with Crippen molar-refractivity contribution in [3.05, 3.63) is 0 Å². The quantitative estimate of drug-likeness (QED) is 0.817. The average Bonchev–Trinajstić information content (AvgIpc) is 2.21. The molecule has 2 atom stereocenters.